The maximum absolute atomic E-state index is 9.86. The van der Waals surface area contributed by atoms with E-state index in [9.17, 15) is 5.11 Å². The Morgan fingerprint density at radius 3 is 2.71 bits per heavy atom. The average molecular weight is 216 g/mol. The van der Waals surface area contributed by atoms with Crippen LogP contribution in [0.15, 0.2) is 0 Å². The number of aliphatic hydroxyl groups is 1. The zero-order chi connectivity index (χ0) is 11.0. The summed E-state index contributed by atoms with van der Waals surface area (Å²) < 4.78 is 0. The number of nitrogens with zero attached hydrogens (tertiary/aromatic N) is 1. The first-order chi connectivity index (χ1) is 6.55. The Morgan fingerprint density at radius 1 is 1.64 bits per heavy atom. The molecule has 0 aliphatic heterocycles. The van der Waals surface area contributed by atoms with Gasteiger partial charge in [-0.3, -0.25) is 0 Å². The molecule has 0 fully saturated rings. The van der Waals surface area contributed by atoms with Crippen molar-refractivity contribution in [2.75, 3.05) is 18.6 Å². The number of rotatable bonds is 7. The van der Waals surface area contributed by atoms with Crippen LogP contribution in [0.1, 0.15) is 26.7 Å². The van der Waals surface area contributed by atoms with Gasteiger partial charge in [0, 0.05) is 18.3 Å². The van der Waals surface area contributed by atoms with Crippen LogP contribution in [0.5, 0.6) is 0 Å². The third-order valence-electron chi connectivity index (χ3n) is 2.06. The summed E-state index contributed by atoms with van der Waals surface area (Å²) in [5.74, 6) is 0.711. The van der Waals surface area contributed by atoms with Gasteiger partial charge in [0.15, 0.2) is 0 Å². The molecule has 0 saturated heterocycles. The molecule has 0 aromatic rings. The van der Waals surface area contributed by atoms with Gasteiger partial charge in [0.2, 0.25) is 0 Å². The fourth-order valence-electron chi connectivity index (χ4n) is 1.20. The monoisotopic (exact) mass is 216 g/mol. The minimum atomic E-state index is -0.678. The molecular weight excluding hydrogens is 196 g/mol. The largest absolute Gasteiger partial charge is 0.388 e. The molecule has 0 saturated carbocycles. The van der Waals surface area contributed by atoms with Crippen molar-refractivity contribution in [3.05, 3.63) is 0 Å². The van der Waals surface area contributed by atoms with Crippen LogP contribution >= 0.6 is 11.8 Å². The maximum Gasteiger partial charge on any atom is 0.0833 e. The van der Waals surface area contributed by atoms with E-state index in [1.807, 2.05) is 20.1 Å². The predicted octanol–water partition coefficient (Wildman–Crippen LogP) is 1.38. The average Bonchev–Trinajstić information content (AvgIpc) is 2.12. The van der Waals surface area contributed by atoms with Crippen LogP contribution in [0, 0.1) is 11.3 Å². The number of hydrogen-bond acceptors (Lipinski definition) is 4. The van der Waals surface area contributed by atoms with Crippen molar-refractivity contribution in [2.45, 2.75) is 38.3 Å². The van der Waals surface area contributed by atoms with Crippen LogP contribution in [0.4, 0.5) is 0 Å². The van der Waals surface area contributed by atoms with Gasteiger partial charge in [-0.15, -0.1) is 0 Å². The molecule has 0 aliphatic carbocycles. The van der Waals surface area contributed by atoms with Gasteiger partial charge < -0.3 is 10.4 Å². The van der Waals surface area contributed by atoms with Gasteiger partial charge in [0.05, 0.1) is 18.1 Å². The fourth-order valence-corrected chi connectivity index (χ4v) is 1.92. The zero-order valence-corrected chi connectivity index (χ0v) is 10.0. The predicted molar refractivity (Wildman–Crippen MR) is 61.3 cm³/mol. The van der Waals surface area contributed by atoms with E-state index in [1.165, 1.54) is 0 Å². The lowest BCUT2D eigenvalue weighted by Crippen LogP contribution is -2.43. The van der Waals surface area contributed by atoms with Crippen molar-refractivity contribution in [2.24, 2.45) is 0 Å². The second-order valence-electron chi connectivity index (χ2n) is 3.78. The van der Waals surface area contributed by atoms with Crippen molar-refractivity contribution in [3.63, 3.8) is 0 Å². The molecular formula is C10H20N2OS. The molecule has 0 aromatic heterocycles. The lowest BCUT2D eigenvalue weighted by atomic mass is 10.1. The summed E-state index contributed by atoms with van der Waals surface area (Å²) in [7, 11) is 0. The van der Waals surface area contributed by atoms with Gasteiger partial charge in [-0.25, -0.2) is 0 Å². The van der Waals surface area contributed by atoms with E-state index in [0.717, 1.165) is 6.42 Å². The van der Waals surface area contributed by atoms with E-state index in [4.69, 9.17) is 5.26 Å². The van der Waals surface area contributed by atoms with E-state index < -0.39 is 5.60 Å². The molecule has 0 bridgehead atoms. The van der Waals surface area contributed by atoms with Crippen LogP contribution in [-0.4, -0.2) is 35.3 Å². The van der Waals surface area contributed by atoms with E-state index in [0.29, 0.717) is 18.7 Å². The highest BCUT2D eigenvalue weighted by atomic mass is 32.2. The molecule has 0 aliphatic rings. The summed E-state index contributed by atoms with van der Waals surface area (Å²) in [4.78, 5) is 0. The van der Waals surface area contributed by atoms with Crippen molar-refractivity contribution >= 4 is 11.8 Å². The molecule has 0 aromatic carbocycles. The lowest BCUT2D eigenvalue weighted by Gasteiger charge is -2.25. The summed E-state index contributed by atoms with van der Waals surface area (Å²) in [5, 5.41) is 21.6. The van der Waals surface area contributed by atoms with E-state index in [-0.39, 0.29) is 6.04 Å². The van der Waals surface area contributed by atoms with E-state index in [1.54, 1.807) is 11.8 Å². The zero-order valence-electron chi connectivity index (χ0n) is 9.21. The van der Waals surface area contributed by atoms with Crippen LogP contribution in [0.25, 0.3) is 0 Å². The topological polar surface area (TPSA) is 56.0 Å². The summed E-state index contributed by atoms with van der Waals surface area (Å²) >= 11 is 1.63. The Labute approximate surface area is 90.9 Å². The van der Waals surface area contributed by atoms with Gasteiger partial charge in [0.1, 0.15) is 0 Å². The standard InChI is InChI=1S/C10H20N2OS/c1-4-9(5-6-11)12-7-10(2,13)8-14-3/h9,12-13H,4-5,7-8H2,1-3H3. The Hall–Kier alpha value is -0.240. The highest BCUT2D eigenvalue weighted by molar-refractivity contribution is 7.98. The smallest absolute Gasteiger partial charge is 0.0833 e. The second-order valence-corrected chi connectivity index (χ2v) is 4.64. The van der Waals surface area contributed by atoms with Gasteiger partial charge in [-0.1, -0.05) is 6.92 Å². The quantitative estimate of drug-likeness (QED) is 0.675. The molecule has 0 amide bonds. The molecule has 2 atom stereocenters. The van der Waals surface area contributed by atoms with Gasteiger partial charge in [-0.05, 0) is 19.6 Å². The van der Waals surface area contributed by atoms with E-state index in [2.05, 4.69) is 11.4 Å². The molecule has 0 rings (SSSR count). The summed E-state index contributed by atoms with van der Waals surface area (Å²) in [6.07, 6.45) is 3.40. The first-order valence-electron chi connectivity index (χ1n) is 4.87. The van der Waals surface area contributed by atoms with Crippen LogP contribution in [0.2, 0.25) is 0 Å². The number of thioether (sulfide) groups is 1. The molecule has 82 valence electrons. The van der Waals surface area contributed by atoms with E-state index >= 15 is 0 Å². The van der Waals surface area contributed by atoms with Gasteiger partial charge in [0.25, 0.3) is 0 Å². The van der Waals surface area contributed by atoms with Gasteiger partial charge >= 0.3 is 0 Å². The Bertz CT molecular complexity index is 189. The molecule has 3 nitrogen and oxygen atoms in total. The summed E-state index contributed by atoms with van der Waals surface area (Å²) in [6.45, 7) is 4.40. The minimum Gasteiger partial charge on any atom is -0.388 e. The molecule has 2 N–H and O–H groups in total. The fraction of sp³-hybridized carbons (Fsp3) is 0.900. The number of hydrogen-bond donors (Lipinski definition) is 2. The minimum absolute atomic E-state index is 0.202. The molecule has 14 heavy (non-hydrogen) atoms. The van der Waals surface area contributed by atoms with Crippen LogP contribution < -0.4 is 5.32 Å². The van der Waals surface area contributed by atoms with Crippen molar-refractivity contribution in [1.29, 1.82) is 5.26 Å². The number of nitriles is 1. The Morgan fingerprint density at radius 2 is 2.29 bits per heavy atom. The molecule has 2 unspecified atom stereocenters. The summed E-state index contributed by atoms with van der Waals surface area (Å²) in [5.41, 5.74) is -0.678. The first-order valence-corrected chi connectivity index (χ1v) is 6.26. The van der Waals surface area contributed by atoms with Crippen LogP contribution in [0.3, 0.4) is 0 Å². The highest BCUT2D eigenvalue weighted by Crippen LogP contribution is 2.10. The van der Waals surface area contributed by atoms with Crippen molar-refractivity contribution in [3.8, 4) is 6.07 Å². The molecule has 0 spiro atoms. The third-order valence-corrected chi connectivity index (χ3v) is 2.97. The molecule has 4 heteroatoms. The van der Waals surface area contributed by atoms with Crippen molar-refractivity contribution in [1.82, 2.24) is 5.32 Å². The normalized spacial score (nSPS) is 17.1. The van der Waals surface area contributed by atoms with Crippen molar-refractivity contribution < 1.29 is 5.11 Å². The first kappa shape index (κ1) is 13.8. The van der Waals surface area contributed by atoms with Crippen LogP contribution in [-0.2, 0) is 0 Å². The number of nitrogens with one attached hydrogen (secondary N) is 1. The maximum atomic E-state index is 9.86. The third kappa shape index (κ3) is 6.25. The summed E-state index contributed by atoms with van der Waals surface area (Å²) in [6, 6.07) is 2.34. The second kappa shape index (κ2) is 7.10. The Balaban J connectivity index is 3.84. The Kier molecular flexibility index (Phi) is 6.98. The molecule has 0 radical (unpaired) electrons. The highest BCUT2D eigenvalue weighted by Gasteiger charge is 2.20. The van der Waals surface area contributed by atoms with Gasteiger partial charge in [-0.2, -0.15) is 17.0 Å². The molecule has 0 heterocycles. The SMILES string of the molecule is CCC(CC#N)NCC(C)(O)CSC. The lowest BCUT2D eigenvalue weighted by molar-refractivity contribution is 0.0814.